The van der Waals surface area contributed by atoms with Crippen LogP contribution < -0.4 is 0 Å². The van der Waals surface area contributed by atoms with Gasteiger partial charge in [0, 0.05) is 11.6 Å². The first kappa shape index (κ1) is 19.0. The maximum absolute atomic E-state index is 12.2. The highest BCUT2D eigenvalue weighted by Gasteiger charge is 2.44. The predicted octanol–water partition coefficient (Wildman–Crippen LogP) is 1.39. The second kappa shape index (κ2) is 8.19. The summed E-state index contributed by atoms with van der Waals surface area (Å²) in [5, 5.41) is 28.3. The number of carbonyl (C=O) groups is 3. The van der Waals surface area contributed by atoms with Crippen molar-refractivity contribution >= 4 is 23.8 Å². The lowest BCUT2D eigenvalue weighted by Gasteiger charge is -2.18. The Morgan fingerprint density at radius 1 is 0.962 bits per heavy atom. The molecule has 0 spiro atoms. The number of esters is 1. The third-order valence-electron chi connectivity index (χ3n) is 3.41. The van der Waals surface area contributed by atoms with Crippen LogP contribution in [0.3, 0.4) is 0 Å². The molecule has 0 aliphatic heterocycles. The first-order chi connectivity index (χ1) is 12.3. The lowest BCUT2D eigenvalue weighted by Crippen LogP contribution is -2.47. The van der Waals surface area contributed by atoms with Crippen molar-refractivity contribution in [2.24, 2.45) is 0 Å². The summed E-state index contributed by atoms with van der Waals surface area (Å²) in [6, 6.07) is 13.9. The predicted molar refractivity (Wildman–Crippen MR) is 90.8 cm³/mol. The van der Waals surface area contributed by atoms with Crippen molar-refractivity contribution in [1.82, 2.24) is 0 Å². The van der Waals surface area contributed by atoms with Gasteiger partial charge in [-0.15, -0.1) is 0 Å². The van der Waals surface area contributed by atoms with E-state index in [2.05, 4.69) is 0 Å². The first-order valence-electron chi connectivity index (χ1n) is 7.52. The average molecular weight is 356 g/mol. The highest BCUT2D eigenvalue weighted by molar-refractivity contribution is 6.13. The van der Waals surface area contributed by atoms with Crippen molar-refractivity contribution in [1.29, 1.82) is 0 Å². The van der Waals surface area contributed by atoms with E-state index >= 15 is 0 Å². The molecule has 0 amide bonds. The largest absolute Gasteiger partial charge is 0.478 e. The van der Waals surface area contributed by atoms with Gasteiger partial charge in [-0.2, -0.15) is 0 Å². The number of benzene rings is 2. The van der Waals surface area contributed by atoms with Crippen LogP contribution in [0.1, 0.15) is 21.5 Å². The number of carboxylic acids is 1. The van der Waals surface area contributed by atoms with Gasteiger partial charge in [0.1, 0.15) is 6.61 Å². The summed E-state index contributed by atoms with van der Waals surface area (Å²) in [5.74, 6) is -7.19. The Balaban J connectivity index is 2.06. The summed E-state index contributed by atoms with van der Waals surface area (Å²) in [6.07, 6.45) is 2.22. The molecule has 2 aromatic carbocycles. The van der Waals surface area contributed by atoms with Crippen LogP contribution in [-0.4, -0.2) is 38.8 Å². The van der Waals surface area contributed by atoms with Gasteiger partial charge in [-0.25, -0.2) is 9.59 Å². The summed E-state index contributed by atoms with van der Waals surface area (Å²) < 4.78 is 4.79. The molecule has 2 rings (SSSR count). The zero-order valence-electron chi connectivity index (χ0n) is 13.5. The standard InChI is InChI=1S/C19H16O7/c20-16(21)11-8-13-6-9-15(10-7-13)17(22)19(24,25)18(23)26-12-14-4-2-1-3-5-14/h1-11,24-25H,12H2,(H,20,21). The summed E-state index contributed by atoms with van der Waals surface area (Å²) in [4.78, 5) is 34.5. The number of aliphatic hydroxyl groups is 2. The SMILES string of the molecule is O=C(O)C=Cc1ccc(C(=O)C(O)(O)C(=O)OCc2ccccc2)cc1. The zero-order valence-corrected chi connectivity index (χ0v) is 13.5. The average Bonchev–Trinajstić information content (AvgIpc) is 2.65. The highest BCUT2D eigenvalue weighted by atomic mass is 16.6. The Morgan fingerprint density at radius 2 is 1.58 bits per heavy atom. The van der Waals surface area contributed by atoms with Crippen LogP contribution in [0.15, 0.2) is 60.7 Å². The molecule has 0 atom stereocenters. The second-order valence-electron chi connectivity index (χ2n) is 5.36. The Morgan fingerprint density at radius 3 is 2.15 bits per heavy atom. The summed E-state index contributed by atoms with van der Waals surface area (Å²) in [5.41, 5.74) is 0.967. The molecular weight excluding hydrogens is 340 g/mol. The molecule has 0 fully saturated rings. The van der Waals surface area contributed by atoms with E-state index in [1.807, 2.05) is 0 Å². The van der Waals surface area contributed by atoms with E-state index in [4.69, 9.17) is 9.84 Å². The minimum atomic E-state index is -3.33. The summed E-state index contributed by atoms with van der Waals surface area (Å²) in [7, 11) is 0. The van der Waals surface area contributed by atoms with Crippen molar-refractivity contribution in [3.8, 4) is 0 Å². The van der Waals surface area contributed by atoms with Gasteiger partial charge >= 0.3 is 17.7 Å². The number of rotatable bonds is 7. The maximum Gasteiger partial charge on any atom is 0.375 e. The normalized spacial score (nSPS) is 11.3. The van der Waals surface area contributed by atoms with E-state index in [1.54, 1.807) is 30.3 Å². The lowest BCUT2D eigenvalue weighted by molar-refractivity contribution is -0.193. The molecule has 0 saturated heterocycles. The molecule has 0 aliphatic rings. The number of hydrogen-bond donors (Lipinski definition) is 3. The van der Waals surface area contributed by atoms with E-state index in [-0.39, 0.29) is 12.2 Å². The molecule has 7 nitrogen and oxygen atoms in total. The second-order valence-corrected chi connectivity index (χ2v) is 5.36. The number of Topliss-reactive ketones (excluding diaryl/α,β-unsaturated/α-hetero) is 1. The molecule has 0 aliphatic carbocycles. The quantitative estimate of drug-likeness (QED) is 0.225. The Hall–Kier alpha value is -3.29. The number of carbonyl (C=O) groups excluding carboxylic acids is 2. The van der Waals surface area contributed by atoms with Gasteiger partial charge in [0.25, 0.3) is 0 Å². The fraction of sp³-hybridized carbons (Fsp3) is 0.105. The Kier molecular flexibility index (Phi) is 6.00. The van der Waals surface area contributed by atoms with Crippen molar-refractivity contribution in [2.75, 3.05) is 0 Å². The zero-order chi connectivity index (χ0) is 19.2. The van der Waals surface area contributed by atoms with Crippen LogP contribution >= 0.6 is 0 Å². The smallest absolute Gasteiger partial charge is 0.375 e. The van der Waals surface area contributed by atoms with Gasteiger partial charge in [0.05, 0.1) is 0 Å². The highest BCUT2D eigenvalue weighted by Crippen LogP contribution is 2.16. The van der Waals surface area contributed by atoms with Crippen molar-refractivity contribution in [3.63, 3.8) is 0 Å². The molecule has 2 aromatic rings. The van der Waals surface area contributed by atoms with Crippen molar-refractivity contribution in [3.05, 3.63) is 77.4 Å². The van der Waals surface area contributed by atoms with Crippen LogP contribution in [0, 0.1) is 0 Å². The Bertz CT molecular complexity index is 821. The molecule has 3 N–H and O–H groups in total. The Labute approximate surface area is 148 Å². The van der Waals surface area contributed by atoms with Gasteiger partial charge in [0.15, 0.2) is 0 Å². The summed E-state index contributed by atoms with van der Waals surface area (Å²) >= 11 is 0. The fourth-order valence-corrected chi connectivity index (χ4v) is 2.03. The molecule has 26 heavy (non-hydrogen) atoms. The first-order valence-corrected chi connectivity index (χ1v) is 7.52. The van der Waals surface area contributed by atoms with E-state index in [1.165, 1.54) is 30.3 Å². The van der Waals surface area contributed by atoms with Gasteiger partial charge in [-0.05, 0) is 17.2 Å². The van der Waals surface area contributed by atoms with Gasteiger partial charge in [-0.1, -0.05) is 54.6 Å². The number of carboxylic acid groups (broad SMARTS) is 1. The van der Waals surface area contributed by atoms with Crippen LogP contribution in [0.4, 0.5) is 0 Å². The van der Waals surface area contributed by atoms with Crippen LogP contribution in [0.2, 0.25) is 0 Å². The third-order valence-corrected chi connectivity index (χ3v) is 3.41. The minimum absolute atomic E-state index is 0.140. The van der Waals surface area contributed by atoms with E-state index < -0.39 is 23.5 Å². The van der Waals surface area contributed by atoms with E-state index in [0.717, 1.165) is 6.08 Å². The molecule has 0 saturated carbocycles. The third kappa shape index (κ3) is 4.85. The van der Waals surface area contributed by atoms with Crippen LogP contribution in [0.5, 0.6) is 0 Å². The topological polar surface area (TPSA) is 121 Å². The molecule has 0 bridgehead atoms. The van der Waals surface area contributed by atoms with Crippen LogP contribution in [0.25, 0.3) is 6.08 Å². The van der Waals surface area contributed by atoms with Crippen molar-refractivity contribution in [2.45, 2.75) is 12.4 Å². The molecule has 134 valence electrons. The molecule has 0 radical (unpaired) electrons. The molecular formula is C19H16O7. The van der Waals surface area contributed by atoms with Gasteiger partial charge < -0.3 is 20.1 Å². The lowest BCUT2D eigenvalue weighted by atomic mass is 10.0. The molecule has 7 heteroatoms. The van der Waals surface area contributed by atoms with Crippen molar-refractivity contribution < 1.29 is 34.4 Å². The molecule has 0 aromatic heterocycles. The number of ketones is 1. The van der Waals surface area contributed by atoms with Crippen LogP contribution in [-0.2, 0) is 20.9 Å². The van der Waals surface area contributed by atoms with Gasteiger partial charge in [-0.3, -0.25) is 4.79 Å². The van der Waals surface area contributed by atoms with E-state index in [9.17, 15) is 24.6 Å². The number of hydrogen-bond acceptors (Lipinski definition) is 6. The molecule has 0 unspecified atom stereocenters. The fourth-order valence-electron chi connectivity index (χ4n) is 2.03. The van der Waals surface area contributed by atoms with Gasteiger partial charge in [0.2, 0.25) is 5.78 Å². The number of ether oxygens (including phenoxy) is 1. The minimum Gasteiger partial charge on any atom is -0.478 e. The van der Waals surface area contributed by atoms with E-state index in [0.29, 0.717) is 11.1 Å². The number of aliphatic carboxylic acids is 1. The maximum atomic E-state index is 12.2. The monoisotopic (exact) mass is 356 g/mol. The summed E-state index contributed by atoms with van der Waals surface area (Å²) in [6.45, 7) is -0.214. The molecule has 0 heterocycles.